The molecule has 0 aromatic rings. The normalized spacial score (nSPS) is 10.3. The molecule has 2 amide bonds. The van der Waals surface area contributed by atoms with Crippen molar-refractivity contribution in [3.05, 3.63) is 0 Å². The third kappa shape index (κ3) is 5.70. The smallest absolute Gasteiger partial charge is 0.311 e. The molecule has 0 saturated heterocycles. The van der Waals surface area contributed by atoms with E-state index in [2.05, 4.69) is 5.32 Å². The van der Waals surface area contributed by atoms with E-state index in [1.807, 2.05) is 32.8 Å². The Kier molecular flexibility index (Phi) is 7.54. The van der Waals surface area contributed by atoms with E-state index in [1.54, 1.807) is 0 Å². The minimum atomic E-state index is -0.498. The summed E-state index contributed by atoms with van der Waals surface area (Å²) in [6.45, 7) is 6.31. The van der Waals surface area contributed by atoms with Crippen LogP contribution in [0.5, 0.6) is 0 Å². The molecular weight excluding hydrogens is 206 g/mol. The Morgan fingerprint density at radius 2 is 1.69 bits per heavy atom. The molecule has 5 heteroatoms. The lowest BCUT2D eigenvalue weighted by molar-refractivity contribution is -0.145. The first kappa shape index (κ1) is 14.9. The van der Waals surface area contributed by atoms with Gasteiger partial charge in [-0.05, 0) is 40.9 Å². The van der Waals surface area contributed by atoms with E-state index < -0.39 is 11.8 Å². The third-order valence-electron chi connectivity index (χ3n) is 2.31. The molecule has 0 aliphatic carbocycles. The van der Waals surface area contributed by atoms with Crippen molar-refractivity contribution < 1.29 is 9.59 Å². The molecule has 0 spiro atoms. The Balaban J connectivity index is 3.83. The summed E-state index contributed by atoms with van der Waals surface area (Å²) in [5.74, 6) is -0.933. The molecule has 0 rings (SSSR count). The van der Waals surface area contributed by atoms with Gasteiger partial charge in [-0.25, -0.2) is 0 Å². The first-order valence-electron chi connectivity index (χ1n) is 5.74. The average molecular weight is 229 g/mol. The fourth-order valence-corrected chi connectivity index (χ4v) is 1.33. The first-order chi connectivity index (χ1) is 7.52. The summed E-state index contributed by atoms with van der Waals surface area (Å²) in [5.41, 5.74) is 0. The van der Waals surface area contributed by atoms with Crippen molar-refractivity contribution in [3.8, 4) is 0 Å². The number of hydrogen-bond donors (Lipinski definition) is 1. The topological polar surface area (TPSA) is 52.7 Å². The predicted molar refractivity (Wildman–Crippen MR) is 64.1 cm³/mol. The second-order valence-corrected chi connectivity index (χ2v) is 3.89. The average Bonchev–Trinajstić information content (AvgIpc) is 2.25. The maximum atomic E-state index is 11.5. The van der Waals surface area contributed by atoms with E-state index >= 15 is 0 Å². The Hall–Kier alpha value is -1.10. The van der Waals surface area contributed by atoms with Crippen LogP contribution >= 0.6 is 0 Å². The van der Waals surface area contributed by atoms with Gasteiger partial charge in [0.05, 0.1) is 0 Å². The minimum Gasteiger partial charge on any atom is -0.348 e. The summed E-state index contributed by atoms with van der Waals surface area (Å²) in [7, 11) is 3.95. The zero-order chi connectivity index (χ0) is 12.6. The molecule has 94 valence electrons. The molecule has 0 aliphatic heterocycles. The number of carbonyl (C=O) groups is 2. The zero-order valence-corrected chi connectivity index (χ0v) is 10.7. The van der Waals surface area contributed by atoms with Crippen LogP contribution in [-0.2, 0) is 9.59 Å². The van der Waals surface area contributed by atoms with Gasteiger partial charge < -0.3 is 15.1 Å². The van der Waals surface area contributed by atoms with Crippen molar-refractivity contribution in [2.24, 2.45) is 0 Å². The highest BCUT2D eigenvalue weighted by Gasteiger charge is 2.18. The van der Waals surface area contributed by atoms with Gasteiger partial charge >= 0.3 is 11.8 Å². The van der Waals surface area contributed by atoms with Crippen molar-refractivity contribution in [2.75, 3.05) is 40.3 Å². The van der Waals surface area contributed by atoms with Gasteiger partial charge in [-0.1, -0.05) is 0 Å². The van der Waals surface area contributed by atoms with Gasteiger partial charge in [0.15, 0.2) is 0 Å². The standard InChI is InChI=1S/C11H23N3O2/c1-5-14(6-2)11(16)10(15)12-8-7-9-13(3)4/h5-9H2,1-4H3,(H,12,15). The number of amides is 2. The minimum absolute atomic E-state index is 0.435. The predicted octanol–water partition coefficient (Wildman–Crippen LogP) is -0.0773. The number of hydrogen-bond acceptors (Lipinski definition) is 3. The molecule has 5 nitrogen and oxygen atoms in total. The zero-order valence-electron chi connectivity index (χ0n) is 10.7. The maximum absolute atomic E-state index is 11.5. The van der Waals surface area contributed by atoms with Gasteiger partial charge in [-0.2, -0.15) is 0 Å². The van der Waals surface area contributed by atoms with Crippen LogP contribution in [0.4, 0.5) is 0 Å². The number of rotatable bonds is 6. The fraction of sp³-hybridized carbons (Fsp3) is 0.818. The van der Waals surface area contributed by atoms with Crippen LogP contribution in [0.1, 0.15) is 20.3 Å². The number of nitrogens with zero attached hydrogens (tertiary/aromatic N) is 2. The summed E-state index contributed by atoms with van der Waals surface area (Å²) < 4.78 is 0. The van der Waals surface area contributed by atoms with Crippen LogP contribution in [0.2, 0.25) is 0 Å². The second kappa shape index (κ2) is 8.10. The monoisotopic (exact) mass is 229 g/mol. The Bertz CT molecular complexity index is 225. The summed E-state index contributed by atoms with van der Waals surface area (Å²) in [6, 6.07) is 0. The molecule has 0 fully saturated rings. The summed E-state index contributed by atoms with van der Waals surface area (Å²) in [4.78, 5) is 26.5. The van der Waals surface area contributed by atoms with Crippen LogP contribution in [0.25, 0.3) is 0 Å². The van der Waals surface area contributed by atoms with E-state index in [-0.39, 0.29) is 0 Å². The molecule has 0 aromatic heterocycles. The van der Waals surface area contributed by atoms with Crippen LogP contribution in [-0.4, -0.2) is 61.9 Å². The van der Waals surface area contributed by atoms with Crippen molar-refractivity contribution in [1.82, 2.24) is 15.1 Å². The third-order valence-corrected chi connectivity index (χ3v) is 2.31. The quantitative estimate of drug-likeness (QED) is 0.512. The molecule has 0 saturated carbocycles. The highest BCUT2D eigenvalue weighted by atomic mass is 16.2. The van der Waals surface area contributed by atoms with Crippen molar-refractivity contribution in [1.29, 1.82) is 0 Å². The van der Waals surface area contributed by atoms with Gasteiger partial charge in [0.25, 0.3) is 0 Å². The fourth-order valence-electron chi connectivity index (χ4n) is 1.33. The number of carbonyl (C=O) groups excluding carboxylic acids is 2. The van der Waals surface area contributed by atoms with E-state index in [0.29, 0.717) is 19.6 Å². The summed E-state index contributed by atoms with van der Waals surface area (Å²) in [6.07, 6.45) is 0.851. The first-order valence-corrected chi connectivity index (χ1v) is 5.74. The molecule has 0 radical (unpaired) electrons. The highest BCUT2D eigenvalue weighted by Crippen LogP contribution is 1.89. The molecule has 0 atom stereocenters. The lowest BCUT2D eigenvalue weighted by Gasteiger charge is -2.17. The van der Waals surface area contributed by atoms with E-state index in [0.717, 1.165) is 13.0 Å². The Morgan fingerprint density at radius 3 is 2.12 bits per heavy atom. The van der Waals surface area contributed by atoms with Gasteiger partial charge in [-0.15, -0.1) is 0 Å². The molecule has 0 unspecified atom stereocenters. The van der Waals surface area contributed by atoms with Crippen molar-refractivity contribution in [3.63, 3.8) is 0 Å². The van der Waals surface area contributed by atoms with E-state index in [1.165, 1.54) is 4.90 Å². The SMILES string of the molecule is CCN(CC)C(=O)C(=O)NCCCN(C)C. The van der Waals surface area contributed by atoms with Crippen molar-refractivity contribution in [2.45, 2.75) is 20.3 Å². The molecule has 0 bridgehead atoms. The van der Waals surface area contributed by atoms with Gasteiger partial charge in [0.2, 0.25) is 0 Å². The van der Waals surface area contributed by atoms with Crippen LogP contribution < -0.4 is 5.32 Å². The van der Waals surface area contributed by atoms with Gasteiger partial charge in [-0.3, -0.25) is 9.59 Å². The van der Waals surface area contributed by atoms with E-state index in [9.17, 15) is 9.59 Å². The lowest BCUT2D eigenvalue weighted by atomic mass is 10.3. The number of likely N-dealkylation sites (N-methyl/N-ethyl adjacent to an activating group) is 1. The largest absolute Gasteiger partial charge is 0.348 e. The molecule has 16 heavy (non-hydrogen) atoms. The number of nitrogens with one attached hydrogen (secondary N) is 1. The van der Waals surface area contributed by atoms with E-state index in [4.69, 9.17) is 0 Å². The molecule has 0 heterocycles. The summed E-state index contributed by atoms with van der Waals surface area (Å²) in [5, 5.41) is 2.63. The van der Waals surface area contributed by atoms with Gasteiger partial charge in [0.1, 0.15) is 0 Å². The van der Waals surface area contributed by atoms with Crippen molar-refractivity contribution >= 4 is 11.8 Å². The Morgan fingerprint density at radius 1 is 1.12 bits per heavy atom. The van der Waals surface area contributed by atoms with Crippen LogP contribution in [0.15, 0.2) is 0 Å². The maximum Gasteiger partial charge on any atom is 0.311 e. The van der Waals surface area contributed by atoms with Crippen LogP contribution in [0, 0.1) is 0 Å². The lowest BCUT2D eigenvalue weighted by Crippen LogP contribution is -2.43. The van der Waals surface area contributed by atoms with Gasteiger partial charge in [0, 0.05) is 19.6 Å². The summed E-state index contributed by atoms with van der Waals surface area (Å²) >= 11 is 0. The molecule has 0 aliphatic rings. The second-order valence-electron chi connectivity index (χ2n) is 3.89. The Labute approximate surface area is 97.8 Å². The highest BCUT2D eigenvalue weighted by molar-refractivity contribution is 6.34. The molecule has 1 N–H and O–H groups in total. The van der Waals surface area contributed by atoms with Crippen LogP contribution in [0.3, 0.4) is 0 Å². The molecule has 0 aromatic carbocycles. The molecular formula is C11H23N3O2.